The van der Waals surface area contributed by atoms with Crippen molar-refractivity contribution in [3.05, 3.63) is 71.3 Å². The monoisotopic (exact) mass is 536 g/mol. The number of nitrogens with one attached hydrogen (secondary N) is 2. The van der Waals surface area contributed by atoms with Crippen molar-refractivity contribution < 1.29 is 118 Å². The standard InChI is InChI=1S/2C12H13N3.CH2O3.2K/c2*1-3-13-4-2-10-8-12-11(7-9(1)10)14-5-6-15-12;2-1(3)4;;/h2*5-8,13H,1-4H2;(H2,2,3,4);;/q;;;2*+1/p-2. The van der Waals surface area contributed by atoms with Crippen molar-refractivity contribution in [3.8, 4) is 0 Å². The molecule has 0 atom stereocenters. The van der Waals surface area contributed by atoms with Crippen LogP contribution in [0.2, 0.25) is 0 Å². The van der Waals surface area contributed by atoms with Gasteiger partial charge in [-0.3, -0.25) is 19.9 Å². The van der Waals surface area contributed by atoms with Gasteiger partial charge in [-0.05, 0) is 105 Å². The van der Waals surface area contributed by atoms with Crippen LogP contribution < -0.4 is 124 Å². The maximum atomic E-state index is 8.33. The van der Waals surface area contributed by atoms with Crippen LogP contribution in [0.4, 0.5) is 4.79 Å². The molecule has 0 aliphatic carbocycles. The Hall–Kier alpha value is -0.417. The van der Waals surface area contributed by atoms with E-state index in [-0.39, 0.29) is 103 Å². The Kier molecular flexibility index (Phi) is 14.6. The van der Waals surface area contributed by atoms with Crippen molar-refractivity contribution in [2.24, 2.45) is 0 Å². The van der Waals surface area contributed by atoms with E-state index in [2.05, 4.69) is 54.8 Å². The third-order valence-electron chi connectivity index (χ3n) is 5.87. The van der Waals surface area contributed by atoms with E-state index in [1.165, 1.54) is 22.3 Å². The molecule has 0 saturated heterocycles. The Morgan fingerprint density at radius 1 is 0.556 bits per heavy atom. The zero-order valence-corrected chi connectivity index (χ0v) is 27.0. The summed E-state index contributed by atoms with van der Waals surface area (Å²) < 4.78 is 0. The third kappa shape index (κ3) is 9.40. The van der Waals surface area contributed by atoms with E-state index >= 15 is 0 Å². The minimum absolute atomic E-state index is 0. The first kappa shape index (κ1) is 31.8. The summed E-state index contributed by atoms with van der Waals surface area (Å²) in [5, 5.41) is 23.5. The number of rotatable bonds is 0. The van der Waals surface area contributed by atoms with Gasteiger partial charge in [0, 0.05) is 24.8 Å². The van der Waals surface area contributed by atoms with E-state index in [9.17, 15) is 0 Å². The zero-order chi connectivity index (χ0) is 23.8. The molecule has 4 aromatic rings. The molecule has 36 heavy (non-hydrogen) atoms. The molecule has 0 saturated carbocycles. The topological polar surface area (TPSA) is 139 Å². The number of nitrogens with zero attached hydrogens (tertiary/aromatic N) is 4. The van der Waals surface area contributed by atoms with Crippen molar-refractivity contribution in [2.75, 3.05) is 26.2 Å². The van der Waals surface area contributed by atoms with Gasteiger partial charge in [-0.1, -0.05) is 0 Å². The van der Waals surface area contributed by atoms with Crippen LogP contribution in [0.3, 0.4) is 0 Å². The van der Waals surface area contributed by atoms with Gasteiger partial charge in [-0.2, -0.15) is 0 Å². The maximum absolute atomic E-state index is 8.33. The first-order valence-electron chi connectivity index (χ1n) is 11.3. The van der Waals surface area contributed by atoms with E-state index in [0.717, 1.165) is 73.9 Å². The SMILES string of the molecule is O=C([O-])[O-].[K+].[K+].c1cnc2cc3c(cc2n1)CCNCC3.c1cnc2cc3c(cc2n1)CCNCC3. The molecule has 11 heteroatoms. The largest absolute Gasteiger partial charge is 1.00 e. The van der Waals surface area contributed by atoms with E-state index in [0.29, 0.717) is 0 Å². The number of hydrogen-bond donors (Lipinski definition) is 2. The van der Waals surface area contributed by atoms with Crippen molar-refractivity contribution in [2.45, 2.75) is 25.7 Å². The van der Waals surface area contributed by atoms with Gasteiger partial charge < -0.3 is 25.6 Å². The molecular weight excluding hydrogens is 511 g/mol. The minimum Gasteiger partial charge on any atom is -0.652 e. The summed E-state index contributed by atoms with van der Waals surface area (Å²) in [6.07, 6.45) is 9.08. The Morgan fingerprint density at radius 2 is 0.778 bits per heavy atom. The quantitative estimate of drug-likeness (QED) is 0.211. The number of carboxylic acid groups (broad SMARTS) is 2. The molecule has 0 radical (unpaired) electrons. The van der Waals surface area contributed by atoms with E-state index in [1.807, 2.05) is 0 Å². The Bertz CT molecular complexity index is 1110. The number of fused-ring (bicyclic) bond motifs is 4. The molecule has 2 aromatic carbocycles. The number of carbonyl (C=O) groups is 1. The molecule has 0 unspecified atom stereocenters. The summed E-state index contributed by atoms with van der Waals surface area (Å²) >= 11 is 0. The summed E-state index contributed by atoms with van der Waals surface area (Å²) in [6, 6.07) is 8.74. The molecule has 2 N–H and O–H groups in total. The number of carbonyl (C=O) groups excluding carboxylic acids is 1. The van der Waals surface area contributed by atoms with Crippen LogP contribution in [0.15, 0.2) is 49.1 Å². The van der Waals surface area contributed by atoms with Gasteiger partial charge in [0.2, 0.25) is 0 Å². The third-order valence-corrected chi connectivity index (χ3v) is 5.87. The van der Waals surface area contributed by atoms with Gasteiger partial charge in [0.15, 0.2) is 0 Å². The fourth-order valence-electron chi connectivity index (χ4n) is 4.27. The van der Waals surface area contributed by atoms with Gasteiger partial charge in [-0.15, -0.1) is 0 Å². The molecular formula is C25H26K2N6O3. The molecule has 9 nitrogen and oxygen atoms in total. The van der Waals surface area contributed by atoms with Gasteiger partial charge in [0.05, 0.1) is 22.1 Å². The Labute approximate surface area is 295 Å². The molecule has 0 bridgehead atoms. The molecule has 2 aliphatic heterocycles. The molecule has 4 heterocycles. The van der Waals surface area contributed by atoms with Crippen LogP contribution in [-0.4, -0.2) is 52.3 Å². The Morgan fingerprint density at radius 3 is 1.00 bits per heavy atom. The van der Waals surface area contributed by atoms with Crippen molar-refractivity contribution >= 4 is 28.2 Å². The predicted molar refractivity (Wildman–Crippen MR) is 125 cm³/mol. The summed E-state index contributed by atoms with van der Waals surface area (Å²) in [4.78, 5) is 25.7. The Balaban J connectivity index is 0.000000211. The second kappa shape index (κ2) is 16.5. The number of aromatic nitrogens is 4. The first-order chi connectivity index (χ1) is 16.6. The van der Waals surface area contributed by atoms with Crippen LogP contribution in [0.25, 0.3) is 22.1 Å². The molecule has 2 aliphatic rings. The van der Waals surface area contributed by atoms with Gasteiger partial charge in [0.1, 0.15) is 0 Å². The van der Waals surface area contributed by atoms with Crippen LogP contribution in [0.5, 0.6) is 0 Å². The molecule has 0 spiro atoms. The second-order valence-electron chi connectivity index (χ2n) is 8.08. The maximum Gasteiger partial charge on any atom is 1.00 e. The number of hydrogen-bond acceptors (Lipinski definition) is 9. The van der Waals surface area contributed by atoms with Crippen LogP contribution >= 0.6 is 0 Å². The minimum atomic E-state index is -2.33. The fraction of sp³-hybridized carbons (Fsp3) is 0.320. The van der Waals surface area contributed by atoms with Gasteiger partial charge >= 0.3 is 103 Å². The first-order valence-corrected chi connectivity index (χ1v) is 11.3. The van der Waals surface area contributed by atoms with E-state index < -0.39 is 6.16 Å². The van der Waals surface area contributed by atoms with Crippen LogP contribution in [-0.2, 0) is 25.7 Å². The van der Waals surface area contributed by atoms with Crippen LogP contribution in [0, 0.1) is 0 Å². The second-order valence-corrected chi connectivity index (χ2v) is 8.08. The molecule has 0 fully saturated rings. The summed E-state index contributed by atoms with van der Waals surface area (Å²) in [5.74, 6) is 0. The molecule has 0 amide bonds. The zero-order valence-electron chi connectivity index (χ0n) is 20.8. The summed E-state index contributed by atoms with van der Waals surface area (Å²) in [5.41, 5.74) is 9.75. The van der Waals surface area contributed by atoms with Crippen molar-refractivity contribution in [3.63, 3.8) is 0 Å². The van der Waals surface area contributed by atoms with E-state index in [1.54, 1.807) is 24.8 Å². The van der Waals surface area contributed by atoms with Gasteiger partial charge in [0.25, 0.3) is 0 Å². The van der Waals surface area contributed by atoms with Crippen molar-refractivity contribution in [1.29, 1.82) is 0 Å². The van der Waals surface area contributed by atoms with Crippen LogP contribution in [0.1, 0.15) is 22.3 Å². The smallest absolute Gasteiger partial charge is 0.652 e. The summed E-state index contributed by atoms with van der Waals surface area (Å²) in [7, 11) is 0. The average molecular weight is 537 g/mol. The predicted octanol–water partition coefficient (Wildman–Crippen LogP) is -5.80. The van der Waals surface area contributed by atoms with Crippen molar-refractivity contribution in [1.82, 2.24) is 30.6 Å². The normalized spacial score (nSPS) is 14.0. The molecule has 2 aromatic heterocycles. The molecule has 176 valence electrons. The van der Waals surface area contributed by atoms with E-state index in [4.69, 9.17) is 15.0 Å². The molecule has 6 rings (SSSR count). The average Bonchev–Trinajstić information content (AvgIpc) is 3.21. The van der Waals surface area contributed by atoms with Gasteiger partial charge in [-0.25, -0.2) is 0 Å². The fourth-order valence-corrected chi connectivity index (χ4v) is 4.27. The summed E-state index contributed by atoms with van der Waals surface area (Å²) in [6.45, 7) is 4.27. The number of benzene rings is 2.